The number of nitro groups is 1. The fourth-order valence-electron chi connectivity index (χ4n) is 3.34. The zero-order valence-corrected chi connectivity index (χ0v) is 15.8. The number of nitro benzene ring substituents is 1. The molecule has 1 heterocycles. The van der Waals surface area contributed by atoms with Crippen molar-refractivity contribution < 1.29 is 14.1 Å². The predicted octanol–water partition coefficient (Wildman–Crippen LogP) is 6.14. The van der Waals surface area contributed by atoms with E-state index in [2.05, 4.69) is 4.98 Å². The summed E-state index contributed by atoms with van der Waals surface area (Å²) in [5.74, 6) is 1.23. The van der Waals surface area contributed by atoms with E-state index in [0.29, 0.717) is 23.6 Å². The molecule has 6 heteroatoms. The van der Waals surface area contributed by atoms with E-state index in [4.69, 9.17) is 9.15 Å². The Morgan fingerprint density at radius 3 is 2.53 bits per heavy atom. The fraction of sp³-hybridized carbons (Fsp3) is 0.0417. The summed E-state index contributed by atoms with van der Waals surface area (Å²) in [7, 11) is 0. The lowest BCUT2D eigenvalue weighted by molar-refractivity contribution is -0.384. The highest BCUT2D eigenvalue weighted by molar-refractivity contribution is 5.88. The zero-order valence-electron chi connectivity index (χ0n) is 15.8. The zero-order chi connectivity index (χ0) is 20.5. The van der Waals surface area contributed by atoms with Gasteiger partial charge in [-0.2, -0.15) is 0 Å². The van der Waals surface area contributed by atoms with Gasteiger partial charge in [0.1, 0.15) is 17.9 Å². The maximum atomic E-state index is 11.0. The molecule has 0 amide bonds. The molecule has 146 valence electrons. The van der Waals surface area contributed by atoms with Gasteiger partial charge in [-0.15, -0.1) is 0 Å². The summed E-state index contributed by atoms with van der Waals surface area (Å²) < 4.78 is 11.7. The molecule has 0 aliphatic rings. The maximum Gasteiger partial charge on any atom is 0.273 e. The van der Waals surface area contributed by atoms with Crippen LogP contribution in [0.4, 0.5) is 5.69 Å². The van der Waals surface area contributed by atoms with Crippen LogP contribution < -0.4 is 4.74 Å². The number of ether oxygens (including phenoxy) is 1. The van der Waals surface area contributed by atoms with Crippen LogP contribution in [0.15, 0.2) is 89.3 Å². The minimum Gasteiger partial charge on any atom is -0.489 e. The lowest BCUT2D eigenvalue weighted by Crippen LogP contribution is -1.94. The number of rotatable bonds is 5. The second kappa shape index (κ2) is 7.33. The molecule has 30 heavy (non-hydrogen) atoms. The van der Waals surface area contributed by atoms with Crippen LogP contribution in [0.3, 0.4) is 0 Å². The summed E-state index contributed by atoms with van der Waals surface area (Å²) in [5.41, 5.74) is 2.87. The molecule has 0 aliphatic heterocycles. The molecule has 0 saturated heterocycles. The number of fused-ring (bicyclic) bond motifs is 2. The standard InChI is InChI=1S/C24H16N2O4/c27-26(28)20-9-11-22-23(14-20)30-24(25-22)19-7-6-18-13-21(10-8-17(18)12-19)29-15-16-4-2-1-3-5-16/h1-14H,15H2. The largest absolute Gasteiger partial charge is 0.489 e. The second-order valence-corrected chi connectivity index (χ2v) is 6.93. The normalized spacial score (nSPS) is 11.1. The Bertz CT molecular complexity index is 1380. The number of hydrogen-bond acceptors (Lipinski definition) is 5. The number of aromatic nitrogens is 1. The minimum atomic E-state index is -0.449. The Morgan fingerprint density at radius 2 is 1.70 bits per heavy atom. The molecular formula is C24H16N2O4. The monoisotopic (exact) mass is 396 g/mol. The van der Waals surface area contributed by atoms with Crippen molar-refractivity contribution in [3.63, 3.8) is 0 Å². The van der Waals surface area contributed by atoms with Gasteiger partial charge in [0.2, 0.25) is 5.89 Å². The Labute approximate surface area is 171 Å². The van der Waals surface area contributed by atoms with Gasteiger partial charge in [0.05, 0.1) is 11.0 Å². The molecule has 0 bridgehead atoms. The third-order valence-electron chi connectivity index (χ3n) is 4.89. The van der Waals surface area contributed by atoms with Gasteiger partial charge in [-0.3, -0.25) is 10.1 Å². The van der Waals surface area contributed by atoms with Crippen LogP contribution in [0.5, 0.6) is 5.75 Å². The summed E-state index contributed by atoms with van der Waals surface area (Å²) in [6.07, 6.45) is 0. The average molecular weight is 396 g/mol. The highest BCUT2D eigenvalue weighted by Crippen LogP contribution is 2.30. The van der Waals surface area contributed by atoms with Gasteiger partial charge >= 0.3 is 0 Å². The lowest BCUT2D eigenvalue weighted by atomic mass is 10.1. The van der Waals surface area contributed by atoms with Crippen molar-refractivity contribution >= 4 is 27.6 Å². The molecule has 1 aromatic heterocycles. The quantitative estimate of drug-likeness (QED) is 0.263. The lowest BCUT2D eigenvalue weighted by Gasteiger charge is -2.08. The average Bonchev–Trinajstić information content (AvgIpc) is 3.21. The Balaban J connectivity index is 1.42. The van der Waals surface area contributed by atoms with Crippen LogP contribution in [0.25, 0.3) is 33.3 Å². The molecule has 0 unspecified atom stereocenters. The van der Waals surface area contributed by atoms with Crippen LogP contribution in [0.2, 0.25) is 0 Å². The topological polar surface area (TPSA) is 78.4 Å². The van der Waals surface area contributed by atoms with Crippen molar-refractivity contribution in [1.29, 1.82) is 0 Å². The highest BCUT2D eigenvalue weighted by Gasteiger charge is 2.13. The second-order valence-electron chi connectivity index (χ2n) is 6.93. The van der Waals surface area contributed by atoms with Gasteiger partial charge in [-0.25, -0.2) is 4.98 Å². The highest BCUT2D eigenvalue weighted by atomic mass is 16.6. The molecule has 0 fully saturated rings. The van der Waals surface area contributed by atoms with Gasteiger partial charge in [-0.05, 0) is 46.7 Å². The van der Waals surface area contributed by atoms with E-state index >= 15 is 0 Å². The first-order valence-corrected chi connectivity index (χ1v) is 9.42. The number of benzene rings is 4. The van der Waals surface area contributed by atoms with E-state index in [1.807, 2.05) is 66.7 Å². The molecule has 0 atom stereocenters. The SMILES string of the molecule is O=[N+]([O-])c1ccc2nc(-c3ccc4cc(OCc5ccccc5)ccc4c3)oc2c1. The van der Waals surface area contributed by atoms with E-state index in [0.717, 1.165) is 27.6 Å². The van der Waals surface area contributed by atoms with E-state index in [-0.39, 0.29) is 5.69 Å². The van der Waals surface area contributed by atoms with Crippen LogP contribution >= 0.6 is 0 Å². The van der Waals surface area contributed by atoms with Crippen LogP contribution in [-0.4, -0.2) is 9.91 Å². The molecule has 4 aromatic carbocycles. The molecule has 0 spiro atoms. The summed E-state index contributed by atoms with van der Waals surface area (Å²) in [5, 5.41) is 13.0. The third-order valence-corrected chi connectivity index (χ3v) is 4.89. The molecule has 0 N–H and O–H groups in total. The van der Waals surface area contributed by atoms with Crippen molar-refractivity contribution in [2.24, 2.45) is 0 Å². The predicted molar refractivity (Wildman–Crippen MR) is 114 cm³/mol. The smallest absolute Gasteiger partial charge is 0.273 e. The maximum absolute atomic E-state index is 11.0. The molecule has 0 saturated carbocycles. The van der Waals surface area contributed by atoms with Crippen LogP contribution in [-0.2, 0) is 6.61 Å². The number of non-ortho nitro benzene ring substituents is 1. The Hall–Kier alpha value is -4.19. The van der Waals surface area contributed by atoms with Crippen molar-refractivity contribution in [2.75, 3.05) is 0 Å². The van der Waals surface area contributed by atoms with Gasteiger partial charge < -0.3 is 9.15 Å². The summed E-state index contributed by atoms with van der Waals surface area (Å²) in [4.78, 5) is 15.0. The van der Waals surface area contributed by atoms with Gasteiger partial charge in [0.25, 0.3) is 5.69 Å². The molecule has 5 rings (SSSR count). The van der Waals surface area contributed by atoms with Crippen molar-refractivity contribution in [1.82, 2.24) is 4.98 Å². The minimum absolute atomic E-state index is 0.0215. The molecule has 0 radical (unpaired) electrons. The van der Waals surface area contributed by atoms with Gasteiger partial charge in [0, 0.05) is 11.6 Å². The first-order chi connectivity index (χ1) is 14.7. The van der Waals surface area contributed by atoms with Crippen molar-refractivity contribution in [3.05, 3.63) is 101 Å². The fourth-order valence-corrected chi connectivity index (χ4v) is 3.34. The summed E-state index contributed by atoms with van der Waals surface area (Å²) in [6, 6.07) is 26.2. The van der Waals surface area contributed by atoms with E-state index in [1.165, 1.54) is 12.1 Å². The molecular weight excluding hydrogens is 380 g/mol. The van der Waals surface area contributed by atoms with E-state index < -0.39 is 4.92 Å². The number of hydrogen-bond donors (Lipinski definition) is 0. The van der Waals surface area contributed by atoms with Gasteiger partial charge in [0.15, 0.2) is 5.58 Å². The van der Waals surface area contributed by atoms with E-state index in [1.54, 1.807) is 6.07 Å². The number of oxazole rings is 1. The molecule has 0 aliphatic carbocycles. The Kier molecular flexibility index (Phi) is 4.37. The number of nitrogens with zero attached hydrogens (tertiary/aromatic N) is 2. The first-order valence-electron chi connectivity index (χ1n) is 9.42. The first kappa shape index (κ1) is 17.9. The van der Waals surface area contributed by atoms with Crippen molar-refractivity contribution in [3.8, 4) is 17.2 Å². The Morgan fingerprint density at radius 1 is 0.900 bits per heavy atom. The third kappa shape index (κ3) is 3.46. The van der Waals surface area contributed by atoms with Gasteiger partial charge in [-0.1, -0.05) is 42.5 Å². The summed E-state index contributed by atoms with van der Waals surface area (Å²) >= 11 is 0. The van der Waals surface area contributed by atoms with Crippen LogP contribution in [0.1, 0.15) is 5.56 Å². The molecule has 5 aromatic rings. The van der Waals surface area contributed by atoms with Crippen LogP contribution in [0, 0.1) is 10.1 Å². The van der Waals surface area contributed by atoms with E-state index in [9.17, 15) is 10.1 Å². The summed E-state index contributed by atoms with van der Waals surface area (Å²) in [6.45, 7) is 0.513. The van der Waals surface area contributed by atoms with Crippen molar-refractivity contribution in [2.45, 2.75) is 6.61 Å². The molecule has 6 nitrogen and oxygen atoms in total.